The second kappa shape index (κ2) is 10.2. The maximum atomic E-state index is 12.0. The first kappa shape index (κ1) is 24.6. The molecule has 2 aromatic carbocycles. The largest absolute Gasteiger partial charge is 0.378 e. The van der Waals surface area contributed by atoms with Crippen molar-refractivity contribution in [3.05, 3.63) is 58.9 Å². The van der Waals surface area contributed by atoms with Crippen LogP contribution in [-0.2, 0) is 22.4 Å². The fraction of sp³-hybridized carbons (Fsp3) is 0.548. The van der Waals surface area contributed by atoms with E-state index in [0.29, 0.717) is 24.3 Å². The van der Waals surface area contributed by atoms with Crippen molar-refractivity contribution in [3.8, 4) is 0 Å². The first-order chi connectivity index (χ1) is 18.0. The molecular weight excluding hydrogens is 460 g/mol. The molecule has 1 saturated carbocycles. The number of aryl methyl sites for hydroxylation is 1. The number of ether oxygens (including phenoxy) is 1. The Morgan fingerprint density at radius 2 is 1.95 bits per heavy atom. The van der Waals surface area contributed by atoms with Gasteiger partial charge >= 0.3 is 0 Å². The number of likely N-dealkylation sites (tertiary alicyclic amines) is 1. The Morgan fingerprint density at radius 1 is 1.11 bits per heavy atom. The Bertz CT molecular complexity index is 1290. The predicted octanol–water partition coefficient (Wildman–Crippen LogP) is 5.64. The third-order valence-electron chi connectivity index (χ3n) is 8.56. The van der Waals surface area contributed by atoms with Gasteiger partial charge < -0.3 is 19.5 Å². The van der Waals surface area contributed by atoms with Gasteiger partial charge in [0.25, 0.3) is 0 Å². The molecule has 3 aromatic rings. The third-order valence-corrected chi connectivity index (χ3v) is 8.56. The van der Waals surface area contributed by atoms with Crippen LogP contribution in [0.5, 0.6) is 0 Å². The van der Waals surface area contributed by atoms with Crippen LogP contribution >= 0.6 is 0 Å². The van der Waals surface area contributed by atoms with Gasteiger partial charge in [-0.2, -0.15) is 0 Å². The minimum atomic E-state index is 0.108. The zero-order valence-electron chi connectivity index (χ0n) is 22.5. The summed E-state index contributed by atoms with van der Waals surface area (Å²) in [5.41, 5.74) is 7.44. The van der Waals surface area contributed by atoms with Crippen LogP contribution in [0.2, 0.25) is 0 Å². The Morgan fingerprint density at radius 3 is 2.73 bits per heavy atom. The highest BCUT2D eigenvalue weighted by atomic mass is 16.5. The highest BCUT2D eigenvalue weighted by Gasteiger charge is 2.38. The smallest absolute Gasteiger partial charge is 0.224 e. The van der Waals surface area contributed by atoms with Crippen molar-refractivity contribution in [3.63, 3.8) is 0 Å². The molecule has 0 bridgehead atoms. The van der Waals surface area contributed by atoms with E-state index in [4.69, 9.17) is 9.72 Å². The summed E-state index contributed by atoms with van der Waals surface area (Å²) in [5, 5.41) is 3.06. The Hall–Kier alpha value is -2.70. The van der Waals surface area contributed by atoms with Crippen LogP contribution in [0.25, 0.3) is 11.0 Å². The molecule has 6 heteroatoms. The Balaban J connectivity index is 1.13. The van der Waals surface area contributed by atoms with Crippen molar-refractivity contribution < 1.29 is 9.53 Å². The van der Waals surface area contributed by atoms with Gasteiger partial charge in [0, 0.05) is 44.8 Å². The summed E-state index contributed by atoms with van der Waals surface area (Å²) in [5.74, 6) is 2.60. The van der Waals surface area contributed by atoms with E-state index >= 15 is 0 Å². The quantitative estimate of drug-likeness (QED) is 0.435. The number of benzene rings is 2. The van der Waals surface area contributed by atoms with Gasteiger partial charge in [-0.1, -0.05) is 19.1 Å². The molecule has 2 aliphatic carbocycles. The van der Waals surface area contributed by atoms with E-state index in [2.05, 4.69) is 58.1 Å². The molecule has 1 N–H and O–H groups in total. The molecule has 0 radical (unpaired) electrons. The van der Waals surface area contributed by atoms with Crippen LogP contribution < -0.4 is 5.32 Å². The Labute approximate surface area is 220 Å². The van der Waals surface area contributed by atoms with E-state index in [9.17, 15) is 4.79 Å². The predicted molar refractivity (Wildman–Crippen MR) is 148 cm³/mol. The third kappa shape index (κ3) is 5.06. The monoisotopic (exact) mass is 500 g/mol. The van der Waals surface area contributed by atoms with E-state index < -0.39 is 0 Å². The summed E-state index contributed by atoms with van der Waals surface area (Å²) in [6, 6.07) is 13.5. The summed E-state index contributed by atoms with van der Waals surface area (Å²) in [6.45, 7) is 7.33. The lowest BCUT2D eigenvalue weighted by molar-refractivity contribution is -0.116. The van der Waals surface area contributed by atoms with Crippen molar-refractivity contribution >= 4 is 22.6 Å². The molecule has 37 heavy (non-hydrogen) atoms. The number of hydrogen-bond donors (Lipinski definition) is 1. The number of fused-ring (bicyclic) bond motifs is 2. The van der Waals surface area contributed by atoms with Crippen molar-refractivity contribution in [2.24, 2.45) is 5.92 Å². The average Bonchev–Trinajstić information content (AvgIpc) is 3.55. The number of rotatable bonds is 8. The molecule has 196 valence electrons. The number of nitrogens with one attached hydrogen (secondary N) is 1. The molecule has 1 amide bonds. The zero-order chi connectivity index (χ0) is 25.5. The van der Waals surface area contributed by atoms with E-state index in [1.807, 2.05) is 14.0 Å². The molecular formula is C31H40N4O2. The Kier molecular flexibility index (Phi) is 6.80. The molecule has 1 aliphatic heterocycles. The van der Waals surface area contributed by atoms with Crippen LogP contribution in [0.4, 0.5) is 5.69 Å². The van der Waals surface area contributed by atoms with Gasteiger partial charge in [0.2, 0.25) is 5.91 Å². The molecule has 2 heterocycles. The zero-order valence-corrected chi connectivity index (χ0v) is 22.5. The number of anilines is 1. The van der Waals surface area contributed by atoms with Crippen molar-refractivity contribution in [1.82, 2.24) is 14.5 Å². The molecule has 3 atom stereocenters. The van der Waals surface area contributed by atoms with E-state index in [0.717, 1.165) is 56.5 Å². The van der Waals surface area contributed by atoms with E-state index in [1.165, 1.54) is 40.9 Å². The SMILES string of the molecule is CCCC(=O)Nc1ccc2c(c1)CC(CN1CC[C@@H](n3c(C4CC4)nc4cc(C)ccc43)[C@H](OC)C1)C2. The van der Waals surface area contributed by atoms with Gasteiger partial charge in [-0.3, -0.25) is 4.79 Å². The van der Waals surface area contributed by atoms with E-state index in [-0.39, 0.29) is 12.0 Å². The summed E-state index contributed by atoms with van der Waals surface area (Å²) in [7, 11) is 1.88. The standard InChI is InChI=1S/C31H40N4O2/c1-4-5-30(36)32-25-10-9-23-15-21(16-24(23)17-25)18-34-13-12-28(29(19-34)37-3)35-27-11-6-20(2)14-26(27)33-31(35)22-7-8-22/h6,9-11,14,17,21-22,28-29H,4-5,7-8,12-13,15-16,18-19H2,1-3H3,(H,32,36)/t21?,28-,29-/m1/s1. The number of carbonyl (C=O) groups is 1. The first-order valence-corrected chi connectivity index (χ1v) is 14.2. The van der Waals surface area contributed by atoms with Crippen LogP contribution in [0.1, 0.15) is 73.5 Å². The number of aromatic nitrogens is 2. The number of imidazole rings is 1. The van der Waals surface area contributed by atoms with Gasteiger partial charge in [0.1, 0.15) is 5.82 Å². The molecule has 0 spiro atoms. The molecule has 1 aromatic heterocycles. The summed E-state index contributed by atoms with van der Waals surface area (Å²) in [4.78, 5) is 19.7. The lowest BCUT2D eigenvalue weighted by Crippen LogP contribution is -2.47. The second-order valence-electron chi connectivity index (χ2n) is 11.6. The minimum absolute atomic E-state index is 0.108. The summed E-state index contributed by atoms with van der Waals surface area (Å²) >= 11 is 0. The lowest BCUT2D eigenvalue weighted by atomic mass is 9.98. The lowest BCUT2D eigenvalue weighted by Gasteiger charge is -2.40. The van der Waals surface area contributed by atoms with Gasteiger partial charge in [0.15, 0.2) is 0 Å². The van der Waals surface area contributed by atoms with Crippen LogP contribution in [0, 0.1) is 12.8 Å². The van der Waals surface area contributed by atoms with Crippen LogP contribution in [-0.4, -0.2) is 53.2 Å². The normalized spacial score (nSPS) is 23.9. The average molecular weight is 501 g/mol. The number of amides is 1. The number of nitrogens with zero attached hydrogens (tertiary/aromatic N) is 3. The van der Waals surface area contributed by atoms with Crippen molar-refractivity contribution in [1.29, 1.82) is 0 Å². The maximum Gasteiger partial charge on any atom is 0.224 e. The van der Waals surface area contributed by atoms with Crippen molar-refractivity contribution in [2.45, 2.75) is 76.9 Å². The van der Waals surface area contributed by atoms with E-state index in [1.54, 1.807) is 0 Å². The fourth-order valence-electron chi connectivity index (χ4n) is 6.60. The number of hydrogen-bond acceptors (Lipinski definition) is 4. The number of piperidine rings is 1. The molecule has 1 saturated heterocycles. The fourth-order valence-corrected chi connectivity index (χ4v) is 6.60. The molecule has 1 unspecified atom stereocenters. The van der Waals surface area contributed by atoms with Gasteiger partial charge in [-0.05, 0) is 92.3 Å². The molecule has 6 rings (SSSR count). The minimum Gasteiger partial charge on any atom is -0.378 e. The van der Waals surface area contributed by atoms with Gasteiger partial charge in [-0.15, -0.1) is 0 Å². The highest BCUT2D eigenvalue weighted by Crippen LogP contribution is 2.43. The summed E-state index contributed by atoms with van der Waals surface area (Å²) < 4.78 is 8.69. The second-order valence-corrected chi connectivity index (χ2v) is 11.6. The number of carbonyl (C=O) groups excluding carboxylic acids is 1. The topological polar surface area (TPSA) is 59.4 Å². The van der Waals surface area contributed by atoms with Gasteiger partial charge in [0.05, 0.1) is 23.2 Å². The van der Waals surface area contributed by atoms with Gasteiger partial charge in [-0.25, -0.2) is 4.98 Å². The number of methoxy groups -OCH3 is 1. The molecule has 6 nitrogen and oxygen atoms in total. The summed E-state index contributed by atoms with van der Waals surface area (Å²) in [6.07, 6.45) is 7.41. The molecule has 3 aliphatic rings. The van der Waals surface area contributed by atoms with Crippen LogP contribution in [0.3, 0.4) is 0 Å². The van der Waals surface area contributed by atoms with Crippen molar-refractivity contribution in [2.75, 3.05) is 32.1 Å². The maximum absolute atomic E-state index is 12.0. The van der Waals surface area contributed by atoms with Crippen LogP contribution in [0.15, 0.2) is 36.4 Å². The highest BCUT2D eigenvalue weighted by molar-refractivity contribution is 5.90. The molecule has 2 fully saturated rings. The first-order valence-electron chi connectivity index (χ1n) is 14.2.